The highest BCUT2D eigenvalue weighted by Crippen LogP contribution is 2.23. The number of nitrogens with zero attached hydrogens (tertiary/aromatic N) is 1. The predicted octanol–water partition coefficient (Wildman–Crippen LogP) is 4.10. The maximum atomic E-state index is 12.3. The van der Waals surface area contributed by atoms with Crippen LogP contribution in [0.5, 0.6) is 0 Å². The van der Waals surface area contributed by atoms with Crippen LogP contribution in [0, 0.1) is 6.92 Å². The van der Waals surface area contributed by atoms with Crippen LogP contribution in [0.4, 0.5) is 5.82 Å². The second-order valence-corrected chi connectivity index (χ2v) is 5.42. The van der Waals surface area contributed by atoms with Gasteiger partial charge < -0.3 is 9.73 Å². The van der Waals surface area contributed by atoms with Crippen molar-refractivity contribution in [3.05, 3.63) is 71.6 Å². The lowest BCUT2D eigenvalue weighted by molar-refractivity contribution is 0.0994. The average Bonchev–Trinajstić information content (AvgIpc) is 3.07. The Kier molecular flexibility index (Phi) is 4.24. The van der Waals surface area contributed by atoms with Gasteiger partial charge >= 0.3 is 0 Å². The first-order valence-electron chi connectivity index (χ1n) is 7.49. The van der Waals surface area contributed by atoms with Gasteiger partial charge in [-0.15, -0.1) is 0 Å². The molecule has 120 valence electrons. The first-order chi connectivity index (χ1) is 11.5. The molecular weight excluding hydrogens is 304 g/mol. The molecule has 0 aliphatic rings. The third-order valence-electron chi connectivity index (χ3n) is 3.65. The van der Waals surface area contributed by atoms with Gasteiger partial charge in [-0.25, -0.2) is 4.98 Å². The Labute approximate surface area is 139 Å². The summed E-state index contributed by atoms with van der Waals surface area (Å²) in [4.78, 5) is 27.7. The SMILES string of the molecule is CC(=O)c1ccc(-c2ccc(C(=O)Nc3ncccc3C)o2)cc1. The minimum absolute atomic E-state index is 0.00629. The third kappa shape index (κ3) is 3.25. The van der Waals surface area contributed by atoms with Crippen LogP contribution < -0.4 is 5.32 Å². The number of pyridine rings is 1. The zero-order valence-electron chi connectivity index (χ0n) is 13.4. The summed E-state index contributed by atoms with van der Waals surface area (Å²) >= 11 is 0. The van der Waals surface area contributed by atoms with Gasteiger partial charge in [-0.1, -0.05) is 30.3 Å². The van der Waals surface area contributed by atoms with E-state index in [1.54, 1.807) is 48.7 Å². The summed E-state index contributed by atoms with van der Waals surface area (Å²) in [5.41, 5.74) is 2.31. The number of hydrogen-bond acceptors (Lipinski definition) is 4. The number of benzene rings is 1. The van der Waals surface area contributed by atoms with Crippen molar-refractivity contribution in [3.63, 3.8) is 0 Å². The predicted molar refractivity (Wildman–Crippen MR) is 91.1 cm³/mol. The zero-order valence-corrected chi connectivity index (χ0v) is 13.4. The van der Waals surface area contributed by atoms with E-state index >= 15 is 0 Å². The quantitative estimate of drug-likeness (QED) is 0.734. The van der Waals surface area contributed by atoms with E-state index < -0.39 is 0 Å². The van der Waals surface area contributed by atoms with Crippen LogP contribution in [0.2, 0.25) is 0 Å². The molecule has 0 aliphatic heterocycles. The smallest absolute Gasteiger partial charge is 0.292 e. The van der Waals surface area contributed by atoms with Gasteiger partial charge in [-0.3, -0.25) is 9.59 Å². The summed E-state index contributed by atoms with van der Waals surface area (Å²) in [6, 6.07) is 14.1. The number of ketones is 1. The largest absolute Gasteiger partial charge is 0.451 e. The molecule has 0 aliphatic carbocycles. The van der Waals surface area contributed by atoms with Crippen LogP contribution in [-0.2, 0) is 0 Å². The fraction of sp³-hybridized carbons (Fsp3) is 0.105. The summed E-state index contributed by atoms with van der Waals surface area (Å²) in [6.07, 6.45) is 1.62. The number of nitrogens with one attached hydrogen (secondary N) is 1. The van der Waals surface area contributed by atoms with Gasteiger partial charge in [0.05, 0.1) is 0 Å². The zero-order chi connectivity index (χ0) is 17.1. The van der Waals surface area contributed by atoms with Crippen molar-refractivity contribution in [1.29, 1.82) is 0 Å². The van der Waals surface area contributed by atoms with Crippen molar-refractivity contribution >= 4 is 17.5 Å². The normalized spacial score (nSPS) is 10.4. The van der Waals surface area contributed by atoms with Crippen molar-refractivity contribution in [2.75, 3.05) is 5.32 Å². The number of anilines is 1. The van der Waals surface area contributed by atoms with Gasteiger partial charge in [-0.05, 0) is 37.6 Å². The lowest BCUT2D eigenvalue weighted by atomic mass is 10.1. The summed E-state index contributed by atoms with van der Waals surface area (Å²) in [5.74, 6) is 0.917. The van der Waals surface area contributed by atoms with E-state index in [9.17, 15) is 9.59 Å². The lowest BCUT2D eigenvalue weighted by Gasteiger charge is -2.05. The molecule has 0 saturated carbocycles. The Morgan fingerprint density at radius 1 is 1.04 bits per heavy atom. The van der Waals surface area contributed by atoms with E-state index in [4.69, 9.17) is 4.42 Å². The Balaban J connectivity index is 1.78. The molecule has 0 saturated heterocycles. The number of aromatic nitrogens is 1. The number of amides is 1. The highest BCUT2D eigenvalue weighted by atomic mass is 16.3. The van der Waals surface area contributed by atoms with E-state index in [0.29, 0.717) is 17.1 Å². The first-order valence-corrected chi connectivity index (χ1v) is 7.49. The second kappa shape index (κ2) is 6.50. The van der Waals surface area contributed by atoms with Crippen LogP contribution in [0.1, 0.15) is 33.4 Å². The number of furan rings is 1. The molecule has 2 aromatic heterocycles. The second-order valence-electron chi connectivity index (χ2n) is 5.42. The number of hydrogen-bond donors (Lipinski definition) is 1. The van der Waals surface area contributed by atoms with E-state index in [-0.39, 0.29) is 17.5 Å². The standard InChI is InChI=1S/C19H16N2O3/c1-12-4-3-11-20-18(12)21-19(23)17-10-9-16(24-17)15-7-5-14(6-8-15)13(2)22/h3-11H,1-2H3,(H,20,21,23). The van der Waals surface area contributed by atoms with Gasteiger partial charge in [0.15, 0.2) is 11.5 Å². The lowest BCUT2D eigenvalue weighted by Crippen LogP contribution is -2.12. The maximum Gasteiger partial charge on any atom is 0.292 e. The molecule has 5 nitrogen and oxygen atoms in total. The Bertz CT molecular complexity index is 895. The van der Waals surface area contributed by atoms with Gasteiger partial charge in [-0.2, -0.15) is 0 Å². The summed E-state index contributed by atoms with van der Waals surface area (Å²) in [6.45, 7) is 3.39. The highest BCUT2D eigenvalue weighted by molar-refractivity contribution is 6.02. The summed E-state index contributed by atoms with van der Waals surface area (Å²) < 4.78 is 5.62. The van der Waals surface area contributed by atoms with Crippen molar-refractivity contribution in [2.24, 2.45) is 0 Å². The molecule has 0 unspecified atom stereocenters. The van der Waals surface area contributed by atoms with Crippen LogP contribution in [0.15, 0.2) is 59.1 Å². The van der Waals surface area contributed by atoms with E-state index in [0.717, 1.165) is 11.1 Å². The number of carbonyl (C=O) groups is 2. The van der Waals surface area contributed by atoms with Crippen molar-refractivity contribution < 1.29 is 14.0 Å². The average molecular weight is 320 g/mol. The minimum atomic E-state index is -0.358. The number of Topliss-reactive ketones (excluding diaryl/α,β-unsaturated/α-hetero) is 1. The molecular formula is C19H16N2O3. The van der Waals surface area contributed by atoms with E-state index in [1.165, 1.54) is 6.92 Å². The molecule has 0 spiro atoms. The molecule has 0 atom stereocenters. The molecule has 5 heteroatoms. The minimum Gasteiger partial charge on any atom is -0.451 e. The van der Waals surface area contributed by atoms with E-state index in [2.05, 4.69) is 10.3 Å². The topological polar surface area (TPSA) is 72.2 Å². The highest BCUT2D eigenvalue weighted by Gasteiger charge is 2.14. The van der Waals surface area contributed by atoms with Crippen molar-refractivity contribution in [2.45, 2.75) is 13.8 Å². The molecule has 3 rings (SSSR count). The molecule has 0 fully saturated rings. The molecule has 0 radical (unpaired) electrons. The van der Waals surface area contributed by atoms with Gasteiger partial charge in [0.25, 0.3) is 5.91 Å². The molecule has 1 aromatic carbocycles. The van der Waals surface area contributed by atoms with E-state index in [1.807, 2.05) is 13.0 Å². The Morgan fingerprint density at radius 3 is 2.46 bits per heavy atom. The summed E-state index contributed by atoms with van der Waals surface area (Å²) in [7, 11) is 0. The van der Waals surface area contributed by atoms with Crippen LogP contribution in [-0.4, -0.2) is 16.7 Å². The fourth-order valence-electron chi connectivity index (χ4n) is 2.27. The van der Waals surface area contributed by atoms with Crippen molar-refractivity contribution in [1.82, 2.24) is 4.98 Å². The maximum absolute atomic E-state index is 12.3. The van der Waals surface area contributed by atoms with Crippen LogP contribution in [0.25, 0.3) is 11.3 Å². The van der Waals surface area contributed by atoms with Gasteiger partial charge in [0.1, 0.15) is 11.6 Å². The number of rotatable bonds is 4. The van der Waals surface area contributed by atoms with Crippen molar-refractivity contribution in [3.8, 4) is 11.3 Å². The molecule has 1 N–H and O–H groups in total. The Hall–Kier alpha value is -3.21. The number of aryl methyl sites for hydroxylation is 1. The van der Waals surface area contributed by atoms with Crippen LogP contribution >= 0.6 is 0 Å². The fourth-order valence-corrected chi connectivity index (χ4v) is 2.27. The summed E-state index contributed by atoms with van der Waals surface area (Å²) in [5, 5.41) is 2.73. The Morgan fingerprint density at radius 2 is 1.79 bits per heavy atom. The van der Waals surface area contributed by atoms with Gasteiger partial charge in [0, 0.05) is 17.3 Å². The monoisotopic (exact) mass is 320 g/mol. The molecule has 1 amide bonds. The number of carbonyl (C=O) groups excluding carboxylic acids is 2. The van der Waals surface area contributed by atoms with Crippen LogP contribution in [0.3, 0.4) is 0 Å². The van der Waals surface area contributed by atoms with Gasteiger partial charge in [0.2, 0.25) is 0 Å². The molecule has 0 bridgehead atoms. The third-order valence-corrected chi connectivity index (χ3v) is 3.65. The molecule has 24 heavy (non-hydrogen) atoms. The first kappa shape index (κ1) is 15.7. The molecule has 3 aromatic rings. The molecule has 2 heterocycles.